The van der Waals surface area contributed by atoms with Gasteiger partial charge in [0, 0.05) is 5.57 Å². The van der Waals surface area contributed by atoms with Crippen molar-refractivity contribution in [2.24, 2.45) is 34.0 Å². The lowest BCUT2D eigenvalue weighted by Gasteiger charge is -2.64. The Labute approximate surface area is 174 Å². The van der Waals surface area contributed by atoms with E-state index in [4.69, 9.17) is 4.74 Å². The molecular weight excluding hydrogens is 364 g/mol. The van der Waals surface area contributed by atoms with Crippen molar-refractivity contribution in [2.45, 2.75) is 85.2 Å². The second-order valence-corrected chi connectivity index (χ2v) is 10.8. The summed E-state index contributed by atoms with van der Waals surface area (Å²) in [5.41, 5.74) is 1.25. The molecular formula is C25H36O4. The van der Waals surface area contributed by atoms with Crippen LogP contribution in [-0.4, -0.2) is 23.1 Å². The molecule has 4 aliphatic rings. The van der Waals surface area contributed by atoms with E-state index < -0.39 is 17.5 Å². The number of fused-ring (bicyclic) bond motifs is 3. The van der Waals surface area contributed by atoms with Crippen molar-refractivity contribution in [1.82, 2.24) is 0 Å². The van der Waals surface area contributed by atoms with Gasteiger partial charge in [-0.05, 0) is 101 Å². The van der Waals surface area contributed by atoms with Crippen LogP contribution in [0.5, 0.6) is 0 Å². The van der Waals surface area contributed by atoms with E-state index in [1.807, 2.05) is 6.92 Å². The molecule has 4 heteroatoms. The lowest BCUT2D eigenvalue weighted by Crippen LogP contribution is -2.63. The van der Waals surface area contributed by atoms with Crippen molar-refractivity contribution in [3.05, 3.63) is 23.8 Å². The number of carbonyl (C=O) groups excluding carboxylic acids is 1. The molecule has 7 atom stereocenters. The number of carbonyl (C=O) groups is 2. The molecule has 160 valence electrons. The zero-order chi connectivity index (χ0) is 21.2. The van der Waals surface area contributed by atoms with E-state index in [1.54, 1.807) is 19.9 Å². The maximum Gasteiger partial charge on any atom is 0.333 e. The van der Waals surface area contributed by atoms with Gasteiger partial charge >= 0.3 is 11.9 Å². The molecule has 0 heterocycles. The predicted molar refractivity (Wildman–Crippen MR) is 112 cm³/mol. The Kier molecular flexibility index (Phi) is 4.79. The molecule has 4 rings (SSSR count). The Bertz CT molecular complexity index is 782. The van der Waals surface area contributed by atoms with Gasteiger partial charge in [0.1, 0.15) is 11.5 Å². The summed E-state index contributed by atoms with van der Waals surface area (Å²) in [5.74, 6) is 0.0690. The Morgan fingerprint density at radius 3 is 2.52 bits per heavy atom. The Balaban J connectivity index is 1.68. The zero-order valence-electron chi connectivity index (χ0n) is 18.4. The number of ether oxygens (including phenoxy) is 1. The van der Waals surface area contributed by atoms with Gasteiger partial charge in [-0.15, -0.1) is 0 Å². The number of carboxylic acid groups (broad SMARTS) is 1. The van der Waals surface area contributed by atoms with Crippen LogP contribution in [0, 0.1) is 34.0 Å². The molecule has 0 aromatic carbocycles. The minimum absolute atomic E-state index is 0.0144. The molecule has 0 aliphatic heterocycles. The van der Waals surface area contributed by atoms with Gasteiger partial charge in [-0.3, -0.25) is 4.79 Å². The van der Waals surface area contributed by atoms with Gasteiger partial charge in [0.25, 0.3) is 0 Å². The summed E-state index contributed by atoms with van der Waals surface area (Å²) in [4.78, 5) is 25.1. The highest BCUT2D eigenvalue weighted by Gasteiger charge is 2.67. The first-order valence-electron chi connectivity index (χ1n) is 11.3. The van der Waals surface area contributed by atoms with Gasteiger partial charge in [-0.25, -0.2) is 4.79 Å². The van der Waals surface area contributed by atoms with Gasteiger partial charge in [-0.1, -0.05) is 25.2 Å². The van der Waals surface area contributed by atoms with Gasteiger partial charge in [0.05, 0.1) is 0 Å². The Morgan fingerprint density at radius 1 is 1.14 bits per heavy atom. The minimum Gasteiger partial charge on any atom is -0.481 e. The van der Waals surface area contributed by atoms with Crippen LogP contribution in [0.3, 0.4) is 0 Å². The summed E-state index contributed by atoms with van der Waals surface area (Å²) in [5, 5.41) is 10.4. The van der Waals surface area contributed by atoms with Gasteiger partial charge < -0.3 is 9.84 Å². The highest BCUT2D eigenvalue weighted by atomic mass is 16.5. The van der Waals surface area contributed by atoms with Crippen molar-refractivity contribution >= 4 is 11.9 Å². The van der Waals surface area contributed by atoms with E-state index in [0.29, 0.717) is 29.2 Å². The van der Waals surface area contributed by atoms with Gasteiger partial charge in [0.2, 0.25) is 0 Å². The van der Waals surface area contributed by atoms with Crippen molar-refractivity contribution in [2.75, 3.05) is 0 Å². The summed E-state index contributed by atoms with van der Waals surface area (Å²) in [6.45, 7) is 12.1. The topological polar surface area (TPSA) is 63.6 Å². The molecule has 1 spiro atoms. The summed E-state index contributed by atoms with van der Waals surface area (Å²) < 4.78 is 5.83. The molecule has 4 fully saturated rings. The van der Waals surface area contributed by atoms with Crippen molar-refractivity contribution in [3.63, 3.8) is 0 Å². The van der Waals surface area contributed by atoms with Gasteiger partial charge in [-0.2, -0.15) is 0 Å². The number of rotatable bonds is 3. The average Bonchev–Trinajstić information content (AvgIpc) is 2.91. The molecule has 0 radical (unpaired) electrons. The molecule has 1 N–H and O–H groups in total. The van der Waals surface area contributed by atoms with E-state index in [0.717, 1.165) is 25.7 Å². The molecule has 29 heavy (non-hydrogen) atoms. The van der Waals surface area contributed by atoms with E-state index in [2.05, 4.69) is 13.5 Å². The Hall–Kier alpha value is -1.58. The number of aliphatic carboxylic acids is 1. The van der Waals surface area contributed by atoms with E-state index in [9.17, 15) is 14.7 Å². The predicted octanol–water partition coefficient (Wildman–Crippen LogP) is 5.53. The number of allylic oxidation sites excluding steroid dienone is 2. The molecule has 4 nitrogen and oxygen atoms in total. The molecule has 0 unspecified atom stereocenters. The van der Waals surface area contributed by atoms with Crippen LogP contribution in [0.25, 0.3) is 0 Å². The van der Waals surface area contributed by atoms with Crippen LogP contribution < -0.4 is 0 Å². The molecule has 0 aromatic rings. The third-order valence-corrected chi connectivity index (χ3v) is 9.68. The lowest BCUT2D eigenvalue weighted by atomic mass is 9.40. The maximum absolute atomic E-state index is 12.7. The molecule has 4 saturated carbocycles. The minimum atomic E-state index is -1.04. The van der Waals surface area contributed by atoms with Crippen LogP contribution in [-0.2, 0) is 14.3 Å². The number of esters is 1. The molecule has 0 amide bonds. The first-order valence-corrected chi connectivity index (χ1v) is 11.3. The van der Waals surface area contributed by atoms with E-state index >= 15 is 0 Å². The van der Waals surface area contributed by atoms with Crippen LogP contribution in [0.15, 0.2) is 23.8 Å². The average molecular weight is 401 g/mol. The third kappa shape index (κ3) is 2.77. The lowest BCUT2D eigenvalue weighted by molar-refractivity contribution is -0.211. The SMILES string of the molecule is C=C1C[C@@]23CC[C@H]4[C@@](C)(CC[C@@H](OC(=O)/C(C)=C\C)[C@]4(C)C(=O)O)[C@@H]2CC[C@@H]1C3. The van der Waals surface area contributed by atoms with Crippen molar-refractivity contribution in [3.8, 4) is 0 Å². The fourth-order valence-corrected chi connectivity index (χ4v) is 8.06. The van der Waals surface area contributed by atoms with Gasteiger partial charge in [0.15, 0.2) is 0 Å². The normalized spacial score (nSPS) is 46.6. The van der Waals surface area contributed by atoms with Crippen molar-refractivity contribution in [1.29, 1.82) is 0 Å². The van der Waals surface area contributed by atoms with Crippen LogP contribution in [0.1, 0.15) is 79.1 Å². The fourth-order valence-electron chi connectivity index (χ4n) is 8.06. The van der Waals surface area contributed by atoms with Crippen molar-refractivity contribution < 1.29 is 19.4 Å². The second-order valence-electron chi connectivity index (χ2n) is 10.8. The fraction of sp³-hybridized carbons (Fsp3) is 0.760. The monoisotopic (exact) mass is 400 g/mol. The van der Waals surface area contributed by atoms with E-state index in [1.165, 1.54) is 24.8 Å². The second kappa shape index (κ2) is 6.72. The largest absolute Gasteiger partial charge is 0.481 e. The molecule has 2 bridgehead atoms. The zero-order valence-corrected chi connectivity index (χ0v) is 18.4. The summed E-state index contributed by atoms with van der Waals surface area (Å²) in [6, 6.07) is 0. The highest BCUT2D eigenvalue weighted by Crippen LogP contribution is 2.72. The number of hydrogen-bond acceptors (Lipinski definition) is 3. The maximum atomic E-state index is 12.7. The third-order valence-electron chi connectivity index (χ3n) is 9.68. The first kappa shape index (κ1) is 20.7. The number of carboxylic acids is 1. The standard InChI is InChI=1S/C25H36O4/c1-6-15(2)21(26)29-20-10-11-23(4)18(24(20,5)22(27)28)9-12-25-13-16(3)17(14-25)7-8-19(23)25/h6,17-20H,3,7-14H2,1-2,4-5H3,(H,27,28)/b15-6-/t17-,18+,19+,20-,23-,24-,25-/m1/s1. The Morgan fingerprint density at radius 2 is 1.86 bits per heavy atom. The summed E-state index contributed by atoms with van der Waals surface area (Å²) in [7, 11) is 0. The van der Waals surface area contributed by atoms with Crippen LogP contribution in [0.4, 0.5) is 0 Å². The first-order chi connectivity index (χ1) is 13.6. The van der Waals surface area contributed by atoms with E-state index in [-0.39, 0.29) is 17.3 Å². The molecule has 0 saturated heterocycles. The molecule has 0 aromatic heterocycles. The smallest absolute Gasteiger partial charge is 0.333 e. The van der Waals surface area contributed by atoms with Crippen LogP contribution in [0.2, 0.25) is 0 Å². The number of hydrogen-bond donors (Lipinski definition) is 1. The summed E-state index contributed by atoms with van der Waals surface area (Å²) in [6.07, 6.45) is 9.51. The highest BCUT2D eigenvalue weighted by molar-refractivity contribution is 5.88. The molecule has 4 aliphatic carbocycles. The van der Waals surface area contributed by atoms with Crippen LogP contribution >= 0.6 is 0 Å². The quantitative estimate of drug-likeness (QED) is 0.384. The summed E-state index contributed by atoms with van der Waals surface area (Å²) >= 11 is 0.